The van der Waals surface area contributed by atoms with Crippen LogP contribution in [0.1, 0.15) is 6.42 Å². The number of nitrogens with two attached hydrogens (primary N) is 1. The van der Waals surface area contributed by atoms with Crippen LogP contribution in [0.2, 0.25) is 0 Å². The zero-order valence-corrected chi connectivity index (χ0v) is 6.19. The monoisotopic (exact) mass is 166 g/mol. The van der Waals surface area contributed by atoms with Crippen molar-refractivity contribution in [1.82, 2.24) is 0 Å². The Hall–Kier alpha value is -0.300. The van der Waals surface area contributed by atoms with Crippen LogP contribution in [0.25, 0.3) is 0 Å². The summed E-state index contributed by atoms with van der Waals surface area (Å²) in [7, 11) is 0. The van der Waals surface area contributed by atoms with Gasteiger partial charge in [0.05, 0.1) is 6.61 Å². The van der Waals surface area contributed by atoms with Crippen molar-refractivity contribution in [3.63, 3.8) is 0 Å². The Bertz CT molecular complexity index is 138. The lowest BCUT2D eigenvalue weighted by molar-refractivity contribution is 0.316. The van der Waals surface area contributed by atoms with Crippen LogP contribution in [-0.2, 0) is 15.5 Å². The number of nitrogens with one attached hydrogen (secondary N) is 1. The van der Waals surface area contributed by atoms with Crippen molar-refractivity contribution in [3.8, 4) is 0 Å². The molecule has 0 rings (SSSR count). The second-order valence-corrected chi connectivity index (χ2v) is 2.27. The van der Waals surface area contributed by atoms with E-state index in [0.29, 0.717) is 12.1 Å². The third kappa shape index (κ3) is 5.83. The van der Waals surface area contributed by atoms with Gasteiger partial charge in [0.1, 0.15) is 0 Å². The van der Waals surface area contributed by atoms with E-state index in [1.54, 1.807) is 0 Å². The molecule has 0 amide bonds. The predicted octanol–water partition coefficient (Wildman–Crippen LogP) is -0.492. The Morgan fingerprint density at radius 1 is 1.80 bits per heavy atom. The maximum Gasteiger partial charge on any atom is 0.301 e. The molecule has 0 saturated carbocycles. The molecule has 10 heavy (non-hydrogen) atoms. The van der Waals surface area contributed by atoms with Gasteiger partial charge in [-0.3, -0.25) is 8.74 Å². The number of hydrogen-bond donors (Lipinski definition) is 3. The molecule has 0 heterocycles. The van der Waals surface area contributed by atoms with Crippen LogP contribution in [0.3, 0.4) is 0 Å². The summed E-state index contributed by atoms with van der Waals surface area (Å²) in [5.41, 5.74) is 5.38. The van der Waals surface area contributed by atoms with Gasteiger partial charge in [-0.1, -0.05) is 0 Å². The normalized spacial score (nSPS) is 13.0. The molecular formula is C4H10N2O3S. The minimum atomic E-state index is -2.22. The summed E-state index contributed by atoms with van der Waals surface area (Å²) >= 11 is -2.22. The van der Waals surface area contributed by atoms with Gasteiger partial charge in [0.25, 0.3) is 0 Å². The Kier molecular flexibility index (Phi) is 5.32. The first-order valence-electron chi connectivity index (χ1n) is 2.67. The molecule has 1 atom stereocenters. The molecule has 0 aliphatic heterocycles. The Morgan fingerprint density at radius 2 is 2.40 bits per heavy atom. The standard InChI is InChI=1S/C4H10N2O3S/c5-3-4(6)1-2-9-10(7)8/h6H,1-3,5H2,(H,7,8). The van der Waals surface area contributed by atoms with Gasteiger partial charge in [0.2, 0.25) is 0 Å². The van der Waals surface area contributed by atoms with E-state index in [1.165, 1.54) is 0 Å². The van der Waals surface area contributed by atoms with Crippen molar-refractivity contribution < 1.29 is 12.9 Å². The fourth-order valence-electron chi connectivity index (χ4n) is 0.338. The molecule has 1 unspecified atom stereocenters. The fourth-order valence-corrected chi connectivity index (χ4v) is 0.564. The average Bonchev–Trinajstić information content (AvgIpc) is 1.87. The molecule has 0 aliphatic rings. The van der Waals surface area contributed by atoms with Crippen molar-refractivity contribution in [1.29, 1.82) is 5.41 Å². The Balaban J connectivity index is 3.20. The Labute approximate surface area is 61.6 Å². The van der Waals surface area contributed by atoms with Gasteiger partial charge in [-0.05, 0) is 0 Å². The first kappa shape index (κ1) is 9.70. The first-order chi connectivity index (χ1) is 4.66. The van der Waals surface area contributed by atoms with E-state index in [9.17, 15) is 4.21 Å². The highest BCUT2D eigenvalue weighted by Gasteiger charge is 1.96. The van der Waals surface area contributed by atoms with Crippen molar-refractivity contribution in [2.45, 2.75) is 6.42 Å². The van der Waals surface area contributed by atoms with Crippen LogP contribution in [0.15, 0.2) is 0 Å². The molecule has 0 aromatic rings. The maximum atomic E-state index is 9.86. The molecule has 0 aromatic heterocycles. The summed E-state index contributed by atoms with van der Waals surface area (Å²) in [5, 5.41) is 7.00. The van der Waals surface area contributed by atoms with Gasteiger partial charge in [-0.25, -0.2) is 0 Å². The maximum absolute atomic E-state index is 9.86. The Morgan fingerprint density at radius 3 is 2.80 bits per heavy atom. The van der Waals surface area contributed by atoms with E-state index >= 15 is 0 Å². The lowest BCUT2D eigenvalue weighted by atomic mass is 10.3. The molecule has 5 nitrogen and oxygen atoms in total. The van der Waals surface area contributed by atoms with E-state index in [2.05, 4.69) is 4.18 Å². The molecule has 0 aromatic carbocycles. The summed E-state index contributed by atoms with van der Waals surface area (Å²) in [4.78, 5) is 0. The van der Waals surface area contributed by atoms with E-state index in [4.69, 9.17) is 15.7 Å². The van der Waals surface area contributed by atoms with Gasteiger partial charge < -0.3 is 11.1 Å². The zero-order chi connectivity index (χ0) is 7.98. The van der Waals surface area contributed by atoms with Crippen molar-refractivity contribution in [2.24, 2.45) is 5.73 Å². The highest BCUT2D eigenvalue weighted by molar-refractivity contribution is 7.74. The third-order valence-corrected chi connectivity index (χ3v) is 1.20. The van der Waals surface area contributed by atoms with Crippen LogP contribution >= 0.6 is 0 Å². The molecule has 0 saturated heterocycles. The van der Waals surface area contributed by atoms with E-state index in [0.717, 1.165) is 0 Å². The SMILES string of the molecule is N=C(CN)CCOS(=O)O. The largest absolute Gasteiger partial charge is 0.326 e. The van der Waals surface area contributed by atoms with Gasteiger partial charge in [-0.15, -0.1) is 0 Å². The van der Waals surface area contributed by atoms with Crippen LogP contribution in [0, 0.1) is 5.41 Å². The summed E-state index contributed by atoms with van der Waals surface area (Å²) in [6, 6.07) is 0. The summed E-state index contributed by atoms with van der Waals surface area (Å²) in [6.45, 7) is 0.237. The van der Waals surface area contributed by atoms with Crippen molar-refractivity contribution >= 4 is 17.1 Å². The second kappa shape index (κ2) is 5.48. The first-order valence-corrected chi connectivity index (χ1v) is 3.70. The molecule has 4 N–H and O–H groups in total. The number of hydrogen-bond acceptors (Lipinski definition) is 4. The molecule has 60 valence electrons. The lowest BCUT2D eigenvalue weighted by Crippen LogP contribution is -2.14. The van der Waals surface area contributed by atoms with Crippen molar-refractivity contribution in [2.75, 3.05) is 13.2 Å². The molecule has 0 fully saturated rings. The van der Waals surface area contributed by atoms with Crippen LogP contribution in [0.5, 0.6) is 0 Å². The molecular weight excluding hydrogens is 156 g/mol. The number of rotatable bonds is 5. The summed E-state index contributed by atoms with van der Waals surface area (Å²) in [6.07, 6.45) is 0.308. The third-order valence-electron chi connectivity index (χ3n) is 0.834. The minimum Gasteiger partial charge on any atom is -0.326 e. The van der Waals surface area contributed by atoms with Crippen LogP contribution in [0.4, 0.5) is 0 Å². The smallest absolute Gasteiger partial charge is 0.301 e. The van der Waals surface area contributed by atoms with Gasteiger partial charge in [0.15, 0.2) is 0 Å². The van der Waals surface area contributed by atoms with Crippen molar-refractivity contribution in [3.05, 3.63) is 0 Å². The molecule has 6 heteroatoms. The average molecular weight is 166 g/mol. The fraction of sp³-hybridized carbons (Fsp3) is 0.750. The summed E-state index contributed by atoms with van der Waals surface area (Å²) in [5.74, 6) is 0. The van der Waals surface area contributed by atoms with Gasteiger partial charge in [0, 0.05) is 18.7 Å². The lowest BCUT2D eigenvalue weighted by Gasteiger charge is -1.97. The quantitative estimate of drug-likeness (QED) is 0.379. The van der Waals surface area contributed by atoms with E-state index in [1.807, 2.05) is 0 Å². The molecule has 0 aliphatic carbocycles. The van der Waals surface area contributed by atoms with Gasteiger partial charge >= 0.3 is 11.4 Å². The minimum absolute atomic E-state index is 0.0686. The van der Waals surface area contributed by atoms with Crippen LogP contribution < -0.4 is 5.73 Å². The molecule has 0 spiro atoms. The van der Waals surface area contributed by atoms with Crippen LogP contribution in [-0.4, -0.2) is 27.6 Å². The topological polar surface area (TPSA) is 96.4 Å². The second-order valence-electron chi connectivity index (χ2n) is 1.60. The summed E-state index contributed by atoms with van der Waals surface area (Å²) < 4.78 is 22.2. The highest BCUT2D eigenvalue weighted by atomic mass is 32.2. The van der Waals surface area contributed by atoms with E-state index in [-0.39, 0.29) is 13.2 Å². The predicted molar refractivity (Wildman–Crippen MR) is 38.1 cm³/mol. The molecule has 0 bridgehead atoms. The van der Waals surface area contributed by atoms with E-state index < -0.39 is 11.4 Å². The highest BCUT2D eigenvalue weighted by Crippen LogP contribution is 1.85. The van der Waals surface area contributed by atoms with Gasteiger partial charge in [-0.2, -0.15) is 4.21 Å². The zero-order valence-electron chi connectivity index (χ0n) is 5.37. The molecule has 0 radical (unpaired) electrons.